The Morgan fingerprint density at radius 3 is 2.58 bits per heavy atom. The van der Waals surface area contributed by atoms with Crippen molar-refractivity contribution in [3.8, 4) is 11.5 Å². The fourth-order valence-corrected chi connectivity index (χ4v) is 1.69. The first-order valence-electron chi connectivity index (χ1n) is 5.85. The van der Waals surface area contributed by atoms with Gasteiger partial charge in [0.15, 0.2) is 11.5 Å². The summed E-state index contributed by atoms with van der Waals surface area (Å²) in [5.74, 6) is 1.26. The van der Waals surface area contributed by atoms with Crippen molar-refractivity contribution in [1.29, 1.82) is 0 Å². The van der Waals surface area contributed by atoms with Gasteiger partial charge in [-0.2, -0.15) is 0 Å². The van der Waals surface area contributed by atoms with Gasteiger partial charge < -0.3 is 14.7 Å². The molecule has 0 bridgehead atoms. The zero-order valence-electron chi connectivity index (χ0n) is 10.6. The first-order chi connectivity index (χ1) is 9.33. The van der Waals surface area contributed by atoms with E-state index in [1.807, 2.05) is 30.3 Å². The Kier molecular flexibility index (Phi) is 4.39. The van der Waals surface area contributed by atoms with E-state index in [4.69, 9.17) is 14.7 Å². The van der Waals surface area contributed by atoms with Gasteiger partial charge in [0.05, 0.1) is 13.3 Å². The number of ether oxygens (including phenoxy) is 2. The minimum absolute atomic E-state index is 0.477. The Balaban J connectivity index is 2.11. The fourth-order valence-electron chi connectivity index (χ4n) is 1.69. The van der Waals surface area contributed by atoms with Crippen LogP contribution in [0.15, 0.2) is 53.7 Å². The van der Waals surface area contributed by atoms with Crippen molar-refractivity contribution in [2.24, 2.45) is 5.16 Å². The van der Waals surface area contributed by atoms with Crippen LogP contribution in [-0.2, 0) is 6.61 Å². The quantitative estimate of drug-likeness (QED) is 0.508. The maximum atomic E-state index is 8.50. The molecule has 0 unspecified atom stereocenters. The van der Waals surface area contributed by atoms with Crippen LogP contribution in [0.1, 0.15) is 11.1 Å². The zero-order chi connectivity index (χ0) is 13.5. The summed E-state index contributed by atoms with van der Waals surface area (Å²) in [4.78, 5) is 0. The molecule has 0 amide bonds. The summed E-state index contributed by atoms with van der Waals surface area (Å²) < 4.78 is 11.0. The molecule has 0 aliphatic heterocycles. The second kappa shape index (κ2) is 6.44. The Morgan fingerprint density at radius 2 is 1.89 bits per heavy atom. The summed E-state index contributed by atoms with van der Waals surface area (Å²) in [6, 6.07) is 15.2. The molecule has 0 spiro atoms. The Labute approximate surface area is 111 Å². The SMILES string of the molecule is COc1cc(/C=N\O)ccc1OCc1ccccc1. The van der Waals surface area contributed by atoms with Crippen molar-refractivity contribution in [2.45, 2.75) is 6.61 Å². The first-order valence-corrected chi connectivity index (χ1v) is 5.85. The highest BCUT2D eigenvalue weighted by Gasteiger charge is 2.05. The lowest BCUT2D eigenvalue weighted by Gasteiger charge is -2.11. The van der Waals surface area contributed by atoms with Crippen LogP contribution < -0.4 is 9.47 Å². The van der Waals surface area contributed by atoms with E-state index in [-0.39, 0.29) is 0 Å². The molecule has 0 radical (unpaired) electrons. The smallest absolute Gasteiger partial charge is 0.161 e. The normalized spacial score (nSPS) is 10.6. The summed E-state index contributed by atoms with van der Waals surface area (Å²) in [6.07, 6.45) is 1.34. The Hall–Kier alpha value is -2.49. The van der Waals surface area contributed by atoms with Crippen LogP contribution >= 0.6 is 0 Å². The molecule has 2 aromatic carbocycles. The molecular formula is C15H15NO3. The van der Waals surface area contributed by atoms with Gasteiger partial charge in [0, 0.05) is 5.56 Å². The lowest BCUT2D eigenvalue weighted by molar-refractivity contribution is 0.284. The highest BCUT2D eigenvalue weighted by atomic mass is 16.5. The molecule has 0 heterocycles. The van der Waals surface area contributed by atoms with Gasteiger partial charge in [-0.3, -0.25) is 0 Å². The van der Waals surface area contributed by atoms with E-state index >= 15 is 0 Å². The molecule has 19 heavy (non-hydrogen) atoms. The summed E-state index contributed by atoms with van der Waals surface area (Å²) in [6.45, 7) is 0.477. The maximum absolute atomic E-state index is 8.50. The molecule has 98 valence electrons. The zero-order valence-corrected chi connectivity index (χ0v) is 10.6. The van der Waals surface area contributed by atoms with E-state index in [0.29, 0.717) is 18.1 Å². The van der Waals surface area contributed by atoms with Crippen LogP contribution in [0.5, 0.6) is 11.5 Å². The predicted octanol–water partition coefficient (Wildman–Crippen LogP) is 3.08. The predicted molar refractivity (Wildman–Crippen MR) is 73.1 cm³/mol. The molecule has 2 aromatic rings. The molecule has 0 fully saturated rings. The number of methoxy groups -OCH3 is 1. The summed E-state index contributed by atoms with van der Waals surface area (Å²) in [7, 11) is 1.57. The van der Waals surface area contributed by atoms with Crippen molar-refractivity contribution >= 4 is 6.21 Å². The fraction of sp³-hybridized carbons (Fsp3) is 0.133. The third-order valence-electron chi connectivity index (χ3n) is 2.63. The molecule has 0 aliphatic carbocycles. The highest BCUT2D eigenvalue weighted by Crippen LogP contribution is 2.28. The molecule has 2 rings (SSSR count). The molecule has 0 saturated heterocycles. The molecule has 4 heteroatoms. The number of oxime groups is 1. The van der Waals surface area contributed by atoms with E-state index in [0.717, 1.165) is 11.1 Å². The number of hydrogen-bond donors (Lipinski definition) is 1. The van der Waals surface area contributed by atoms with Crippen LogP contribution in [0, 0.1) is 0 Å². The lowest BCUT2D eigenvalue weighted by atomic mass is 10.2. The molecule has 0 atom stereocenters. The maximum Gasteiger partial charge on any atom is 0.161 e. The van der Waals surface area contributed by atoms with E-state index in [1.165, 1.54) is 6.21 Å². The van der Waals surface area contributed by atoms with E-state index < -0.39 is 0 Å². The Morgan fingerprint density at radius 1 is 1.11 bits per heavy atom. The van der Waals surface area contributed by atoms with Gasteiger partial charge in [0.2, 0.25) is 0 Å². The van der Waals surface area contributed by atoms with Crippen LogP contribution in [0.2, 0.25) is 0 Å². The highest BCUT2D eigenvalue weighted by molar-refractivity contribution is 5.80. The molecule has 0 saturated carbocycles. The third-order valence-corrected chi connectivity index (χ3v) is 2.63. The average Bonchev–Trinajstić information content (AvgIpc) is 2.47. The van der Waals surface area contributed by atoms with Gasteiger partial charge in [-0.1, -0.05) is 35.5 Å². The average molecular weight is 257 g/mol. The van der Waals surface area contributed by atoms with Crippen LogP contribution in [0.3, 0.4) is 0 Å². The van der Waals surface area contributed by atoms with Gasteiger partial charge in [0.25, 0.3) is 0 Å². The largest absolute Gasteiger partial charge is 0.493 e. The Bertz CT molecular complexity index is 553. The van der Waals surface area contributed by atoms with Crippen LogP contribution in [0.4, 0.5) is 0 Å². The van der Waals surface area contributed by atoms with Crippen LogP contribution in [0.25, 0.3) is 0 Å². The molecule has 0 aromatic heterocycles. The standard InChI is InChI=1S/C15H15NO3/c1-18-15-9-13(10-16-17)7-8-14(15)19-11-12-5-3-2-4-6-12/h2-10,17H,11H2,1H3/b16-10-. The third kappa shape index (κ3) is 3.48. The summed E-state index contributed by atoms with van der Waals surface area (Å²) >= 11 is 0. The van der Waals surface area contributed by atoms with Gasteiger partial charge in [-0.25, -0.2) is 0 Å². The van der Waals surface area contributed by atoms with Crippen molar-refractivity contribution in [2.75, 3.05) is 7.11 Å². The van der Waals surface area contributed by atoms with Gasteiger partial charge in [-0.05, 0) is 23.8 Å². The second-order valence-corrected chi connectivity index (χ2v) is 3.93. The number of rotatable bonds is 5. The van der Waals surface area contributed by atoms with E-state index in [9.17, 15) is 0 Å². The van der Waals surface area contributed by atoms with Gasteiger partial charge >= 0.3 is 0 Å². The van der Waals surface area contributed by atoms with E-state index in [1.54, 1.807) is 25.3 Å². The molecule has 0 aliphatic rings. The summed E-state index contributed by atoms with van der Waals surface area (Å²) in [5, 5.41) is 11.5. The van der Waals surface area contributed by atoms with Gasteiger partial charge in [-0.15, -0.1) is 0 Å². The lowest BCUT2D eigenvalue weighted by Crippen LogP contribution is -1.98. The van der Waals surface area contributed by atoms with Crippen molar-refractivity contribution in [3.05, 3.63) is 59.7 Å². The van der Waals surface area contributed by atoms with Crippen molar-refractivity contribution in [1.82, 2.24) is 0 Å². The molecular weight excluding hydrogens is 242 g/mol. The number of hydrogen-bond acceptors (Lipinski definition) is 4. The minimum atomic E-state index is 0.477. The summed E-state index contributed by atoms with van der Waals surface area (Å²) in [5.41, 5.74) is 1.83. The van der Waals surface area contributed by atoms with Crippen LogP contribution in [-0.4, -0.2) is 18.5 Å². The number of benzene rings is 2. The molecule has 1 N–H and O–H groups in total. The van der Waals surface area contributed by atoms with Crippen molar-refractivity contribution in [3.63, 3.8) is 0 Å². The monoisotopic (exact) mass is 257 g/mol. The number of nitrogens with zero attached hydrogens (tertiary/aromatic N) is 1. The second-order valence-electron chi connectivity index (χ2n) is 3.93. The minimum Gasteiger partial charge on any atom is -0.493 e. The molecule has 4 nitrogen and oxygen atoms in total. The van der Waals surface area contributed by atoms with E-state index in [2.05, 4.69) is 5.16 Å². The van der Waals surface area contributed by atoms with Gasteiger partial charge in [0.1, 0.15) is 6.61 Å². The topological polar surface area (TPSA) is 51.0 Å². The first kappa shape index (κ1) is 13.0. The van der Waals surface area contributed by atoms with Crippen molar-refractivity contribution < 1.29 is 14.7 Å².